The maximum atomic E-state index is 11.8. The fourth-order valence-corrected chi connectivity index (χ4v) is 2.67. The van der Waals surface area contributed by atoms with Crippen LogP contribution in [0.4, 0.5) is 0 Å². The second-order valence-corrected chi connectivity index (χ2v) is 6.07. The van der Waals surface area contributed by atoms with Crippen LogP contribution in [0.1, 0.15) is 28.5 Å². The van der Waals surface area contributed by atoms with Gasteiger partial charge in [-0.15, -0.1) is 0 Å². The van der Waals surface area contributed by atoms with E-state index in [0.717, 1.165) is 22.5 Å². The Bertz CT molecular complexity index is 854. The van der Waals surface area contributed by atoms with Crippen LogP contribution in [-0.4, -0.2) is 34.4 Å². The van der Waals surface area contributed by atoms with Gasteiger partial charge in [-0.05, 0) is 38.7 Å². The number of carbonyl (C=O) groups is 1. The molecule has 1 aromatic carbocycles. The summed E-state index contributed by atoms with van der Waals surface area (Å²) in [6.45, 7) is 2.72. The molecule has 0 amide bonds. The minimum atomic E-state index is 0.0127. The number of rotatable bonds is 6. The van der Waals surface area contributed by atoms with E-state index in [4.69, 9.17) is 4.74 Å². The number of fused-ring (bicyclic) bond motifs is 1. The molecule has 2 heterocycles. The quantitative estimate of drug-likeness (QED) is 0.654. The highest BCUT2D eigenvalue weighted by atomic mass is 16.5. The number of pyridine rings is 1. The first-order chi connectivity index (χ1) is 11.6. The van der Waals surface area contributed by atoms with E-state index in [1.807, 2.05) is 56.6 Å². The number of ketones is 1. The Kier molecular flexibility index (Phi) is 4.62. The zero-order chi connectivity index (χ0) is 17.1. The van der Waals surface area contributed by atoms with E-state index in [-0.39, 0.29) is 5.78 Å². The first-order valence-electron chi connectivity index (χ1n) is 7.88. The average molecular weight is 323 g/mol. The van der Waals surface area contributed by atoms with Crippen molar-refractivity contribution < 1.29 is 9.53 Å². The molecule has 0 radical (unpaired) electrons. The molecule has 24 heavy (non-hydrogen) atoms. The van der Waals surface area contributed by atoms with Crippen LogP contribution in [0.2, 0.25) is 0 Å². The third-order valence-electron chi connectivity index (χ3n) is 3.82. The number of Topliss-reactive ketones (excluding diaryl/α,β-unsaturated/α-hetero) is 1. The monoisotopic (exact) mass is 323 g/mol. The first-order valence-corrected chi connectivity index (χ1v) is 7.88. The van der Waals surface area contributed by atoms with Gasteiger partial charge in [0.15, 0.2) is 5.78 Å². The zero-order valence-corrected chi connectivity index (χ0v) is 14.2. The molecular formula is C19H21N3O2. The van der Waals surface area contributed by atoms with Gasteiger partial charge < -0.3 is 9.64 Å². The van der Waals surface area contributed by atoms with Crippen molar-refractivity contribution in [2.45, 2.75) is 20.1 Å². The number of hydrogen-bond donors (Lipinski definition) is 0. The Morgan fingerprint density at radius 2 is 1.92 bits per heavy atom. The van der Waals surface area contributed by atoms with E-state index in [9.17, 15) is 4.79 Å². The van der Waals surface area contributed by atoms with Gasteiger partial charge in [-0.3, -0.25) is 4.79 Å². The van der Waals surface area contributed by atoms with E-state index in [1.165, 1.54) is 0 Å². The number of benzene rings is 1. The van der Waals surface area contributed by atoms with Gasteiger partial charge in [0, 0.05) is 6.54 Å². The van der Waals surface area contributed by atoms with Gasteiger partial charge in [0.2, 0.25) is 0 Å². The van der Waals surface area contributed by atoms with Crippen LogP contribution in [0.3, 0.4) is 0 Å². The smallest absolute Gasteiger partial charge is 0.163 e. The maximum absolute atomic E-state index is 11.8. The molecule has 3 rings (SSSR count). The van der Waals surface area contributed by atoms with Crippen LogP contribution in [0.15, 0.2) is 48.7 Å². The Balaban J connectivity index is 1.98. The van der Waals surface area contributed by atoms with Crippen molar-refractivity contribution in [3.05, 3.63) is 65.5 Å². The van der Waals surface area contributed by atoms with Crippen molar-refractivity contribution in [1.29, 1.82) is 0 Å². The normalized spacial score (nSPS) is 11.2. The number of aromatic nitrogens is 2. The molecule has 5 nitrogen and oxygen atoms in total. The zero-order valence-electron chi connectivity index (χ0n) is 14.2. The second kappa shape index (κ2) is 6.84. The van der Waals surface area contributed by atoms with Crippen molar-refractivity contribution in [3.8, 4) is 5.75 Å². The van der Waals surface area contributed by atoms with E-state index < -0.39 is 0 Å². The molecule has 0 aliphatic carbocycles. The summed E-state index contributed by atoms with van der Waals surface area (Å²) in [4.78, 5) is 13.8. The van der Waals surface area contributed by atoms with Crippen LogP contribution >= 0.6 is 0 Å². The molecular weight excluding hydrogens is 302 g/mol. The predicted molar refractivity (Wildman–Crippen MR) is 93.4 cm³/mol. The van der Waals surface area contributed by atoms with Gasteiger partial charge in [-0.2, -0.15) is 5.10 Å². The van der Waals surface area contributed by atoms with Crippen LogP contribution in [0, 0.1) is 0 Å². The van der Waals surface area contributed by atoms with E-state index >= 15 is 0 Å². The summed E-state index contributed by atoms with van der Waals surface area (Å²) in [5.41, 5.74) is 3.48. The molecule has 0 unspecified atom stereocenters. The van der Waals surface area contributed by atoms with Crippen LogP contribution in [0.5, 0.6) is 5.75 Å². The van der Waals surface area contributed by atoms with Crippen LogP contribution < -0.4 is 4.74 Å². The summed E-state index contributed by atoms with van der Waals surface area (Å²) in [6, 6.07) is 13.9. The van der Waals surface area contributed by atoms with E-state index in [0.29, 0.717) is 18.7 Å². The Labute approximate surface area is 141 Å². The summed E-state index contributed by atoms with van der Waals surface area (Å²) in [7, 11) is 3.99. The third-order valence-corrected chi connectivity index (χ3v) is 3.82. The van der Waals surface area contributed by atoms with E-state index in [1.54, 1.807) is 17.6 Å². The highest BCUT2D eigenvalue weighted by Crippen LogP contribution is 2.24. The SMILES string of the molecule is CC(=O)c1cnn2c(CN(C)C)c(OCc3ccccc3)ccc12. The molecule has 0 spiro atoms. The van der Waals surface area contributed by atoms with Crippen LogP contribution in [-0.2, 0) is 13.2 Å². The topological polar surface area (TPSA) is 46.8 Å². The van der Waals surface area contributed by atoms with Crippen molar-refractivity contribution >= 4 is 11.3 Å². The van der Waals surface area contributed by atoms with E-state index in [2.05, 4.69) is 10.00 Å². The largest absolute Gasteiger partial charge is 0.487 e. The van der Waals surface area contributed by atoms with Gasteiger partial charge >= 0.3 is 0 Å². The summed E-state index contributed by atoms with van der Waals surface area (Å²) < 4.78 is 7.83. The second-order valence-electron chi connectivity index (χ2n) is 6.07. The number of hydrogen-bond acceptors (Lipinski definition) is 4. The molecule has 0 saturated heterocycles. The Hall–Kier alpha value is -2.66. The molecule has 0 bridgehead atoms. The van der Waals surface area contributed by atoms with Gasteiger partial charge in [0.1, 0.15) is 12.4 Å². The number of ether oxygens (including phenoxy) is 1. The fourth-order valence-electron chi connectivity index (χ4n) is 2.67. The van der Waals surface area contributed by atoms with Crippen LogP contribution in [0.25, 0.3) is 5.52 Å². The van der Waals surface area contributed by atoms with Crippen molar-refractivity contribution in [2.24, 2.45) is 0 Å². The predicted octanol–water partition coefficient (Wildman–Crippen LogP) is 3.18. The minimum absolute atomic E-state index is 0.0127. The lowest BCUT2D eigenvalue weighted by Crippen LogP contribution is -2.16. The molecule has 0 aliphatic heterocycles. The lowest BCUT2D eigenvalue weighted by Gasteiger charge is -2.16. The highest BCUT2D eigenvalue weighted by Gasteiger charge is 2.15. The van der Waals surface area contributed by atoms with Gasteiger partial charge in [-0.25, -0.2) is 4.52 Å². The van der Waals surface area contributed by atoms with Crippen molar-refractivity contribution in [1.82, 2.24) is 14.5 Å². The molecule has 0 fully saturated rings. The van der Waals surface area contributed by atoms with Gasteiger partial charge in [0.05, 0.1) is 23.0 Å². The molecule has 5 heteroatoms. The van der Waals surface area contributed by atoms with Crippen molar-refractivity contribution in [3.63, 3.8) is 0 Å². The van der Waals surface area contributed by atoms with Crippen molar-refractivity contribution in [2.75, 3.05) is 14.1 Å². The first kappa shape index (κ1) is 16.2. The molecule has 0 saturated carbocycles. The summed E-state index contributed by atoms with van der Waals surface area (Å²) in [5.74, 6) is 0.789. The maximum Gasteiger partial charge on any atom is 0.163 e. The molecule has 0 N–H and O–H groups in total. The average Bonchev–Trinajstić information content (AvgIpc) is 2.99. The Morgan fingerprint density at radius 1 is 1.17 bits per heavy atom. The molecule has 124 valence electrons. The summed E-state index contributed by atoms with van der Waals surface area (Å²) in [5, 5.41) is 4.40. The standard InChI is InChI=1S/C19H21N3O2/c1-14(23)16-11-20-22-17(16)9-10-19(18(22)12-21(2)3)24-13-15-7-5-4-6-8-15/h4-11H,12-13H2,1-3H3. The summed E-state index contributed by atoms with van der Waals surface area (Å²) >= 11 is 0. The molecule has 0 atom stereocenters. The number of nitrogens with zero attached hydrogens (tertiary/aromatic N) is 3. The molecule has 0 aliphatic rings. The van der Waals surface area contributed by atoms with Gasteiger partial charge in [-0.1, -0.05) is 30.3 Å². The lowest BCUT2D eigenvalue weighted by atomic mass is 10.2. The number of carbonyl (C=O) groups excluding carboxylic acids is 1. The summed E-state index contributed by atoms with van der Waals surface area (Å²) in [6.07, 6.45) is 1.62. The Morgan fingerprint density at radius 3 is 2.58 bits per heavy atom. The molecule has 3 aromatic rings. The highest BCUT2D eigenvalue weighted by molar-refractivity contribution is 6.00. The lowest BCUT2D eigenvalue weighted by molar-refractivity contribution is 0.101. The minimum Gasteiger partial charge on any atom is -0.487 e. The third kappa shape index (κ3) is 3.31. The fraction of sp³-hybridized carbons (Fsp3) is 0.263. The molecule has 2 aromatic heterocycles. The van der Waals surface area contributed by atoms with Gasteiger partial charge in [0.25, 0.3) is 0 Å².